The number of hydrogen-bond acceptors (Lipinski definition) is 2. The second-order valence-corrected chi connectivity index (χ2v) is 7.50. The second-order valence-electron chi connectivity index (χ2n) is 7.50. The van der Waals surface area contributed by atoms with Crippen molar-refractivity contribution in [1.29, 1.82) is 0 Å². The van der Waals surface area contributed by atoms with Gasteiger partial charge in [0, 0.05) is 30.9 Å². The van der Waals surface area contributed by atoms with E-state index in [1.807, 2.05) is 24.3 Å². The number of para-hydroxylation sites is 1. The molecule has 0 saturated carbocycles. The second kappa shape index (κ2) is 7.63. The van der Waals surface area contributed by atoms with Gasteiger partial charge in [-0.3, -0.25) is 4.79 Å². The number of H-pyrrole nitrogens is 1. The van der Waals surface area contributed by atoms with Crippen molar-refractivity contribution in [2.45, 2.75) is 25.8 Å². The lowest BCUT2D eigenvalue weighted by Gasteiger charge is -2.11. The van der Waals surface area contributed by atoms with Gasteiger partial charge in [-0.15, -0.1) is 0 Å². The van der Waals surface area contributed by atoms with Crippen molar-refractivity contribution >= 4 is 11.6 Å². The van der Waals surface area contributed by atoms with Gasteiger partial charge in [0.1, 0.15) is 17.3 Å². The number of nitrogens with one attached hydrogen (secondary N) is 2. The summed E-state index contributed by atoms with van der Waals surface area (Å²) in [6.45, 7) is 0.992. The molecule has 30 heavy (non-hydrogen) atoms. The highest BCUT2D eigenvalue weighted by atomic mass is 19.1. The molecule has 5 rings (SSSR count). The Balaban J connectivity index is 1.39. The number of rotatable bonds is 4. The topological polar surface area (TPSA) is 62.7 Å². The molecule has 3 heterocycles. The Morgan fingerprint density at radius 2 is 1.90 bits per heavy atom. The Morgan fingerprint density at radius 1 is 1.07 bits per heavy atom. The first-order valence-corrected chi connectivity index (χ1v) is 10.1. The Morgan fingerprint density at radius 3 is 2.73 bits per heavy atom. The molecule has 0 spiro atoms. The van der Waals surface area contributed by atoms with Gasteiger partial charge in [-0.25, -0.2) is 9.37 Å². The molecule has 0 radical (unpaired) electrons. The molecule has 0 fully saturated rings. The van der Waals surface area contributed by atoms with Crippen molar-refractivity contribution in [1.82, 2.24) is 14.5 Å². The first-order chi connectivity index (χ1) is 14.7. The zero-order valence-electron chi connectivity index (χ0n) is 16.4. The minimum atomic E-state index is -0.287. The number of aryl methyl sites for hydroxylation is 2. The number of aromatic nitrogens is 3. The zero-order valence-corrected chi connectivity index (χ0v) is 16.4. The average molecular weight is 400 g/mol. The number of amides is 1. The maximum absolute atomic E-state index is 13.2. The Hall–Kier alpha value is -3.67. The highest BCUT2D eigenvalue weighted by Crippen LogP contribution is 2.29. The van der Waals surface area contributed by atoms with Crippen LogP contribution in [0.5, 0.6) is 0 Å². The number of carbonyl (C=O) groups excluding carboxylic acids is 1. The van der Waals surface area contributed by atoms with Crippen LogP contribution in [0.2, 0.25) is 0 Å². The average Bonchev–Trinajstić information content (AvgIpc) is 3.42. The van der Waals surface area contributed by atoms with Crippen molar-refractivity contribution in [3.8, 4) is 22.4 Å². The number of benzene rings is 2. The first-order valence-electron chi connectivity index (χ1n) is 10.1. The normalized spacial score (nSPS) is 13.1. The summed E-state index contributed by atoms with van der Waals surface area (Å²) in [4.78, 5) is 20.7. The smallest absolute Gasteiger partial charge is 0.272 e. The maximum Gasteiger partial charge on any atom is 0.272 e. The van der Waals surface area contributed by atoms with E-state index in [0.717, 1.165) is 53.3 Å². The van der Waals surface area contributed by atoms with Crippen LogP contribution in [0, 0.1) is 5.82 Å². The van der Waals surface area contributed by atoms with Crippen LogP contribution >= 0.6 is 0 Å². The van der Waals surface area contributed by atoms with E-state index < -0.39 is 0 Å². The van der Waals surface area contributed by atoms with E-state index in [1.165, 1.54) is 18.6 Å². The summed E-state index contributed by atoms with van der Waals surface area (Å²) in [5, 5.41) is 3.00. The van der Waals surface area contributed by atoms with Gasteiger partial charge in [-0.05, 0) is 48.2 Å². The fraction of sp³-hybridized carbons (Fsp3) is 0.167. The van der Waals surface area contributed by atoms with Gasteiger partial charge in [0.2, 0.25) is 0 Å². The van der Waals surface area contributed by atoms with Gasteiger partial charge in [-0.1, -0.05) is 30.3 Å². The third-order valence-corrected chi connectivity index (χ3v) is 5.46. The highest BCUT2D eigenvalue weighted by Gasteiger charge is 2.17. The summed E-state index contributed by atoms with van der Waals surface area (Å²) >= 11 is 0. The van der Waals surface area contributed by atoms with Crippen LogP contribution in [0.1, 0.15) is 29.2 Å². The van der Waals surface area contributed by atoms with E-state index in [2.05, 4.69) is 21.1 Å². The molecule has 0 aliphatic carbocycles. The van der Waals surface area contributed by atoms with Crippen LogP contribution in [0.25, 0.3) is 22.4 Å². The van der Waals surface area contributed by atoms with E-state index >= 15 is 0 Å². The third-order valence-electron chi connectivity index (χ3n) is 5.46. The molecular formula is C24H21FN4O. The summed E-state index contributed by atoms with van der Waals surface area (Å²) < 4.78 is 15.4. The minimum absolute atomic E-state index is 0.236. The Labute approximate surface area is 173 Å². The Bertz CT molecular complexity index is 1180. The van der Waals surface area contributed by atoms with Gasteiger partial charge in [0.25, 0.3) is 5.91 Å². The van der Waals surface area contributed by atoms with Gasteiger partial charge >= 0.3 is 0 Å². The van der Waals surface area contributed by atoms with Crippen molar-refractivity contribution < 1.29 is 9.18 Å². The molecule has 150 valence electrons. The molecule has 1 aliphatic heterocycles. The van der Waals surface area contributed by atoms with Crippen LogP contribution in [0.4, 0.5) is 10.1 Å². The summed E-state index contributed by atoms with van der Waals surface area (Å²) in [5.74, 6) is 0.579. The van der Waals surface area contributed by atoms with Crippen LogP contribution < -0.4 is 5.32 Å². The van der Waals surface area contributed by atoms with Gasteiger partial charge in [0.15, 0.2) is 0 Å². The number of fused-ring (bicyclic) bond motifs is 1. The summed E-state index contributed by atoms with van der Waals surface area (Å²) in [6.07, 6.45) is 7.14. The predicted molar refractivity (Wildman–Crippen MR) is 115 cm³/mol. The molecule has 0 bridgehead atoms. The molecule has 1 amide bonds. The molecule has 2 N–H and O–H groups in total. The fourth-order valence-electron chi connectivity index (χ4n) is 3.88. The number of anilines is 1. The van der Waals surface area contributed by atoms with Crippen LogP contribution in [-0.4, -0.2) is 20.4 Å². The monoisotopic (exact) mass is 400 g/mol. The summed E-state index contributed by atoms with van der Waals surface area (Å²) in [6, 6.07) is 15.7. The molecule has 4 aromatic rings. The van der Waals surface area contributed by atoms with Crippen molar-refractivity contribution in [2.24, 2.45) is 0 Å². The largest absolute Gasteiger partial charge is 0.357 e. The van der Waals surface area contributed by atoms with Gasteiger partial charge in [0.05, 0.1) is 11.4 Å². The number of imidazole rings is 1. The summed E-state index contributed by atoms with van der Waals surface area (Å²) in [7, 11) is 0. The lowest BCUT2D eigenvalue weighted by atomic mass is 10.1. The molecule has 2 aromatic carbocycles. The standard InChI is InChI=1S/C24H21FN4O/c25-18-10-8-16(9-11-18)17-13-21(26-14-17)24(30)28-20-6-2-1-5-19(20)22-15-29-12-4-3-7-23(29)27-22/h1-2,5-6,8-11,13-15,26H,3-4,7,12H2,(H,28,30). The van der Waals surface area contributed by atoms with Crippen molar-refractivity contribution in [3.05, 3.63) is 84.3 Å². The highest BCUT2D eigenvalue weighted by molar-refractivity contribution is 6.05. The number of nitrogens with zero attached hydrogens (tertiary/aromatic N) is 2. The van der Waals surface area contributed by atoms with E-state index in [0.29, 0.717) is 5.69 Å². The molecule has 5 nitrogen and oxygen atoms in total. The Kier molecular flexibility index (Phi) is 4.67. The lowest BCUT2D eigenvalue weighted by molar-refractivity contribution is 0.102. The predicted octanol–water partition coefficient (Wildman–Crippen LogP) is 5.27. The summed E-state index contributed by atoms with van der Waals surface area (Å²) in [5.41, 5.74) is 4.61. The van der Waals surface area contributed by atoms with Gasteiger partial charge < -0.3 is 14.9 Å². The van der Waals surface area contributed by atoms with Crippen LogP contribution in [0.3, 0.4) is 0 Å². The van der Waals surface area contributed by atoms with Crippen molar-refractivity contribution in [3.63, 3.8) is 0 Å². The number of aromatic amines is 1. The zero-order chi connectivity index (χ0) is 20.5. The SMILES string of the molecule is O=C(Nc1ccccc1-c1cn2c(n1)CCCC2)c1cc(-c2ccc(F)cc2)c[nH]1. The number of halogens is 1. The quantitative estimate of drug-likeness (QED) is 0.490. The molecule has 6 heteroatoms. The molecular weight excluding hydrogens is 379 g/mol. The van der Waals surface area contributed by atoms with Crippen LogP contribution in [-0.2, 0) is 13.0 Å². The van der Waals surface area contributed by atoms with Gasteiger partial charge in [-0.2, -0.15) is 0 Å². The van der Waals surface area contributed by atoms with E-state index in [-0.39, 0.29) is 11.7 Å². The van der Waals surface area contributed by atoms with E-state index in [9.17, 15) is 9.18 Å². The van der Waals surface area contributed by atoms with Crippen LogP contribution in [0.15, 0.2) is 67.0 Å². The molecule has 0 unspecified atom stereocenters. The number of carbonyl (C=O) groups is 1. The molecule has 0 atom stereocenters. The van der Waals surface area contributed by atoms with E-state index in [1.54, 1.807) is 24.4 Å². The lowest BCUT2D eigenvalue weighted by Crippen LogP contribution is -2.12. The fourth-order valence-corrected chi connectivity index (χ4v) is 3.88. The number of hydrogen-bond donors (Lipinski definition) is 2. The van der Waals surface area contributed by atoms with Crippen molar-refractivity contribution in [2.75, 3.05) is 5.32 Å². The third kappa shape index (κ3) is 3.52. The molecule has 0 saturated heterocycles. The minimum Gasteiger partial charge on any atom is -0.357 e. The van der Waals surface area contributed by atoms with E-state index in [4.69, 9.17) is 4.98 Å². The molecule has 1 aliphatic rings. The maximum atomic E-state index is 13.2. The molecule has 2 aromatic heterocycles. The first kappa shape index (κ1) is 18.4.